The second-order valence-corrected chi connectivity index (χ2v) is 4.37. The number of benzene rings is 1. The molecule has 16 heavy (non-hydrogen) atoms. The van der Waals surface area contributed by atoms with Crippen LogP contribution in [-0.2, 0) is 4.79 Å². The molecule has 0 radical (unpaired) electrons. The lowest BCUT2D eigenvalue weighted by molar-refractivity contribution is -0.137. The van der Waals surface area contributed by atoms with Gasteiger partial charge in [-0.2, -0.15) is 11.8 Å². The minimum atomic E-state index is -0.945. The van der Waals surface area contributed by atoms with Crippen molar-refractivity contribution in [2.75, 3.05) is 11.5 Å². The van der Waals surface area contributed by atoms with Gasteiger partial charge in [-0.05, 0) is 5.56 Å². The first-order chi connectivity index (χ1) is 7.70. The third kappa shape index (κ3) is 5.00. The molecule has 0 amide bonds. The first kappa shape index (κ1) is 12.8. The number of aliphatic carboxylic acids is 1. The molecule has 4 heteroatoms. The summed E-state index contributed by atoms with van der Waals surface area (Å²) >= 11 is 1.52. The minimum Gasteiger partial charge on any atom is -0.480 e. The largest absolute Gasteiger partial charge is 0.480 e. The number of carboxylic acids is 1. The summed E-state index contributed by atoms with van der Waals surface area (Å²) in [7, 11) is 0. The second kappa shape index (κ2) is 7.09. The third-order valence-electron chi connectivity index (χ3n) is 1.94. The van der Waals surface area contributed by atoms with Crippen molar-refractivity contribution in [3.63, 3.8) is 0 Å². The van der Waals surface area contributed by atoms with Crippen LogP contribution in [0, 0.1) is 0 Å². The standard InChI is InChI=1S/C12H15NO2S/c13-11(12(14)15)9-16-8-4-7-10-5-2-1-3-6-10/h1-7,11H,8-9,13H2,(H,14,15)/b7-4+/t11-/m1/s1. The van der Waals surface area contributed by atoms with E-state index in [4.69, 9.17) is 10.8 Å². The highest BCUT2D eigenvalue weighted by Gasteiger charge is 2.09. The van der Waals surface area contributed by atoms with Gasteiger partial charge in [0.15, 0.2) is 0 Å². The van der Waals surface area contributed by atoms with Crippen LogP contribution in [0.3, 0.4) is 0 Å². The maximum Gasteiger partial charge on any atom is 0.321 e. The Hall–Kier alpha value is -1.26. The fourth-order valence-corrected chi connectivity index (χ4v) is 1.85. The minimum absolute atomic E-state index is 0.439. The van der Waals surface area contributed by atoms with E-state index in [2.05, 4.69) is 0 Å². The quantitative estimate of drug-likeness (QED) is 0.741. The van der Waals surface area contributed by atoms with Crippen LogP contribution >= 0.6 is 11.8 Å². The Morgan fingerprint density at radius 3 is 2.75 bits per heavy atom. The van der Waals surface area contributed by atoms with Gasteiger partial charge in [0.1, 0.15) is 6.04 Å². The number of thioether (sulfide) groups is 1. The molecule has 86 valence electrons. The fourth-order valence-electron chi connectivity index (χ4n) is 1.08. The van der Waals surface area contributed by atoms with Crippen LogP contribution in [-0.4, -0.2) is 28.6 Å². The molecule has 3 N–H and O–H groups in total. The molecule has 0 spiro atoms. The van der Waals surface area contributed by atoms with Crippen molar-refractivity contribution in [1.29, 1.82) is 0 Å². The monoisotopic (exact) mass is 237 g/mol. The van der Waals surface area contributed by atoms with Gasteiger partial charge in [-0.3, -0.25) is 4.79 Å². The van der Waals surface area contributed by atoms with Gasteiger partial charge in [0, 0.05) is 11.5 Å². The molecule has 0 saturated heterocycles. The van der Waals surface area contributed by atoms with Gasteiger partial charge in [-0.25, -0.2) is 0 Å². The van der Waals surface area contributed by atoms with Gasteiger partial charge in [-0.1, -0.05) is 42.5 Å². The lowest BCUT2D eigenvalue weighted by Crippen LogP contribution is -2.32. The van der Waals surface area contributed by atoms with E-state index in [-0.39, 0.29) is 0 Å². The zero-order chi connectivity index (χ0) is 11.8. The molecule has 0 aliphatic rings. The molecule has 0 unspecified atom stereocenters. The van der Waals surface area contributed by atoms with Gasteiger partial charge >= 0.3 is 5.97 Å². The van der Waals surface area contributed by atoms with Crippen molar-refractivity contribution < 1.29 is 9.90 Å². The van der Waals surface area contributed by atoms with Crippen LogP contribution in [0.15, 0.2) is 36.4 Å². The van der Waals surface area contributed by atoms with Crippen LogP contribution < -0.4 is 5.73 Å². The summed E-state index contributed by atoms with van der Waals surface area (Å²) in [6, 6.07) is 9.20. The number of carboxylic acid groups (broad SMARTS) is 1. The maximum atomic E-state index is 10.4. The number of carbonyl (C=O) groups is 1. The summed E-state index contributed by atoms with van der Waals surface area (Å²) in [4.78, 5) is 10.4. The highest BCUT2D eigenvalue weighted by Crippen LogP contribution is 2.05. The molecule has 3 nitrogen and oxygen atoms in total. The zero-order valence-electron chi connectivity index (χ0n) is 8.87. The van der Waals surface area contributed by atoms with Crippen molar-refractivity contribution in [3.05, 3.63) is 42.0 Å². The fraction of sp³-hybridized carbons (Fsp3) is 0.250. The van der Waals surface area contributed by atoms with E-state index in [9.17, 15) is 4.79 Å². The van der Waals surface area contributed by atoms with Gasteiger partial charge < -0.3 is 10.8 Å². The summed E-state index contributed by atoms with van der Waals surface area (Å²) in [5, 5.41) is 8.56. The summed E-state index contributed by atoms with van der Waals surface area (Å²) < 4.78 is 0. The predicted molar refractivity (Wildman–Crippen MR) is 68.4 cm³/mol. The van der Waals surface area contributed by atoms with E-state index < -0.39 is 12.0 Å². The summed E-state index contributed by atoms with van der Waals surface area (Å²) in [6.45, 7) is 0. The highest BCUT2D eigenvalue weighted by molar-refractivity contribution is 7.99. The van der Waals surface area contributed by atoms with Crippen molar-refractivity contribution in [3.8, 4) is 0 Å². The van der Waals surface area contributed by atoms with Crippen molar-refractivity contribution in [2.45, 2.75) is 6.04 Å². The SMILES string of the molecule is N[C@H](CSC/C=C/c1ccccc1)C(=O)O. The van der Waals surface area contributed by atoms with Gasteiger partial charge in [-0.15, -0.1) is 0 Å². The normalized spacial score (nSPS) is 12.8. The number of hydrogen-bond acceptors (Lipinski definition) is 3. The van der Waals surface area contributed by atoms with Crippen LogP contribution in [0.1, 0.15) is 5.56 Å². The van der Waals surface area contributed by atoms with Gasteiger partial charge in [0.05, 0.1) is 0 Å². The molecule has 0 fully saturated rings. The lowest BCUT2D eigenvalue weighted by Gasteiger charge is -2.03. The third-order valence-corrected chi connectivity index (χ3v) is 2.96. The molecule has 0 aliphatic heterocycles. The molecular weight excluding hydrogens is 222 g/mol. The van der Waals surface area contributed by atoms with E-state index in [1.54, 1.807) is 0 Å². The topological polar surface area (TPSA) is 63.3 Å². The van der Waals surface area contributed by atoms with Crippen molar-refractivity contribution >= 4 is 23.8 Å². The maximum absolute atomic E-state index is 10.4. The van der Waals surface area contributed by atoms with Crippen molar-refractivity contribution in [2.24, 2.45) is 5.73 Å². The molecule has 0 heterocycles. The summed E-state index contributed by atoms with van der Waals surface area (Å²) in [6.07, 6.45) is 4.02. The Labute approximate surface area is 99.4 Å². The number of nitrogens with two attached hydrogens (primary N) is 1. The Kier molecular flexibility index (Phi) is 5.67. The molecule has 0 aliphatic carbocycles. The van der Waals surface area contributed by atoms with Gasteiger partial charge in [0.2, 0.25) is 0 Å². The molecule has 1 rings (SSSR count). The van der Waals surface area contributed by atoms with Gasteiger partial charge in [0.25, 0.3) is 0 Å². The van der Waals surface area contributed by atoms with Crippen LogP contribution in [0.2, 0.25) is 0 Å². The predicted octanol–water partition coefficient (Wildman–Crippen LogP) is 1.84. The molecule has 0 saturated carbocycles. The molecule has 0 bridgehead atoms. The molecule has 1 aromatic rings. The van der Waals surface area contributed by atoms with Crippen LogP contribution in [0.25, 0.3) is 6.08 Å². The second-order valence-electron chi connectivity index (χ2n) is 3.30. The molecular formula is C12H15NO2S. The Morgan fingerprint density at radius 1 is 1.44 bits per heavy atom. The average Bonchev–Trinajstić information content (AvgIpc) is 2.29. The highest BCUT2D eigenvalue weighted by atomic mass is 32.2. The smallest absolute Gasteiger partial charge is 0.321 e. The molecule has 1 atom stereocenters. The van der Waals surface area contributed by atoms with E-state index >= 15 is 0 Å². The van der Waals surface area contributed by atoms with Crippen LogP contribution in [0.5, 0.6) is 0 Å². The van der Waals surface area contributed by atoms with Crippen LogP contribution in [0.4, 0.5) is 0 Å². The number of rotatable bonds is 6. The van der Waals surface area contributed by atoms with E-state index in [0.717, 1.165) is 11.3 Å². The summed E-state index contributed by atoms with van der Waals surface area (Å²) in [5.74, 6) is 0.268. The Balaban J connectivity index is 2.21. The Bertz CT molecular complexity index is 351. The first-order valence-electron chi connectivity index (χ1n) is 4.98. The van der Waals surface area contributed by atoms with E-state index in [1.807, 2.05) is 42.5 Å². The zero-order valence-corrected chi connectivity index (χ0v) is 9.69. The molecule has 1 aromatic carbocycles. The first-order valence-corrected chi connectivity index (χ1v) is 6.13. The molecule has 0 aromatic heterocycles. The lowest BCUT2D eigenvalue weighted by atomic mass is 10.2. The summed E-state index contributed by atoms with van der Waals surface area (Å²) in [5.41, 5.74) is 6.51. The Morgan fingerprint density at radius 2 is 2.12 bits per heavy atom. The van der Waals surface area contributed by atoms with E-state index in [0.29, 0.717) is 5.75 Å². The number of hydrogen-bond donors (Lipinski definition) is 2. The van der Waals surface area contributed by atoms with Crippen molar-refractivity contribution in [1.82, 2.24) is 0 Å². The van der Waals surface area contributed by atoms with E-state index in [1.165, 1.54) is 11.8 Å². The average molecular weight is 237 g/mol.